The fraction of sp³-hybridized carbons (Fsp3) is 0.348. The lowest BCUT2D eigenvalue weighted by atomic mass is 9.88. The molecule has 1 N–H and O–H groups in total. The van der Waals surface area contributed by atoms with Crippen molar-refractivity contribution in [2.75, 3.05) is 13.1 Å². The molecule has 7 heteroatoms. The Kier molecular flexibility index (Phi) is 5.84. The van der Waals surface area contributed by atoms with Crippen molar-refractivity contribution in [3.8, 4) is 0 Å². The van der Waals surface area contributed by atoms with Gasteiger partial charge in [0, 0.05) is 29.6 Å². The molecule has 2 fully saturated rings. The molecule has 1 aromatic heterocycles. The molecule has 1 amide bonds. The van der Waals surface area contributed by atoms with Gasteiger partial charge in [-0.1, -0.05) is 41.9 Å². The van der Waals surface area contributed by atoms with Gasteiger partial charge in [-0.2, -0.15) is 0 Å². The number of rotatable bonds is 4. The van der Waals surface area contributed by atoms with Crippen LogP contribution in [0.4, 0.5) is 4.39 Å². The second kappa shape index (κ2) is 8.12. The summed E-state index contributed by atoms with van der Waals surface area (Å²) in [6, 6.07) is 4.81. The summed E-state index contributed by atoms with van der Waals surface area (Å²) in [6.45, 7) is 9.36. The topological polar surface area (TPSA) is 32.3 Å². The number of thiophene rings is 1. The zero-order valence-corrected chi connectivity index (χ0v) is 19.2. The van der Waals surface area contributed by atoms with Crippen molar-refractivity contribution in [1.82, 2.24) is 10.2 Å². The average molecular weight is 465 g/mol. The summed E-state index contributed by atoms with van der Waals surface area (Å²) in [5, 5.41) is 4.38. The highest BCUT2D eigenvalue weighted by Gasteiger charge is 2.49. The number of allylic oxidation sites excluding steroid dienone is 1. The maximum atomic E-state index is 13.4. The van der Waals surface area contributed by atoms with Crippen LogP contribution in [-0.2, 0) is 0 Å². The SMILES string of the molecule is C=Cc1c(/C=C(\C)c2ccc(F)cc2Cl)sc(C(=O)N2CC3(CCC(C)N3)C2)c1Cl. The van der Waals surface area contributed by atoms with E-state index in [1.807, 2.05) is 17.9 Å². The zero-order chi connectivity index (χ0) is 21.6. The largest absolute Gasteiger partial charge is 0.334 e. The summed E-state index contributed by atoms with van der Waals surface area (Å²) < 4.78 is 13.4. The third-order valence-corrected chi connectivity index (χ3v) is 7.86. The summed E-state index contributed by atoms with van der Waals surface area (Å²) in [5.74, 6) is -0.425. The number of carbonyl (C=O) groups is 1. The lowest BCUT2D eigenvalue weighted by Gasteiger charge is -2.48. The number of carbonyl (C=O) groups excluding carboxylic acids is 1. The van der Waals surface area contributed by atoms with E-state index in [4.69, 9.17) is 23.2 Å². The standard InChI is InChI=1S/C23H23Cl2FN2OS/c1-4-16-19(9-13(2)17-6-5-15(26)10-18(17)24)30-21(20(16)25)22(29)28-11-23(12-28)8-7-14(3)27-23/h4-6,9-10,14,27H,1,7-8,11-12H2,2-3H3/b13-9+. The van der Waals surface area contributed by atoms with Crippen LogP contribution in [0.25, 0.3) is 17.7 Å². The maximum absolute atomic E-state index is 13.4. The highest BCUT2D eigenvalue weighted by atomic mass is 35.5. The van der Waals surface area contributed by atoms with Crippen LogP contribution in [0.15, 0.2) is 24.8 Å². The molecule has 2 aliphatic heterocycles. The first-order chi connectivity index (χ1) is 14.2. The number of likely N-dealkylation sites (tertiary alicyclic amines) is 1. The number of hydrogen-bond donors (Lipinski definition) is 1. The summed E-state index contributed by atoms with van der Waals surface area (Å²) in [5.41, 5.74) is 2.38. The molecule has 2 aliphatic rings. The van der Waals surface area contributed by atoms with Crippen LogP contribution in [0.1, 0.15) is 52.4 Å². The first-order valence-electron chi connectivity index (χ1n) is 9.88. The van der Waals surface area contributed by atoms with Crippen LogP contribution in [0.2, 0.25) is 10.0 Å². The number of halogens is 3. The van der Waals surface area contributed by atoms with Crippen LogP contribution in [0, 0.1) is 5.82 Å². The molecular weight excluding hydrogens is 442 g/mol. The van der Waals surface area contributed by atoms with Crippen molar-refractivity contribution < 1.29 is 9.18 Å². The predicted octanol–water partition coefficient (Wildman–Crippen LogP) is 6.36. The molecule has 0 radical (unpaired) electrons. The van der Waals surface area contributed by atoms with Crippen LogP contribution in [0.5, 0.6) is 0 Å². The van der Waals surface area contributed by atoms with E-state index < -0.39 is 0 Å². The van der Waals surface area contributed by atoms with Gasteiger partial charge in [-0.3, -0.25) is 4.79 Å². The van der Waals surface area contributed by atoms with Crippen molar-refractivity contribution in [3.05, 3.63) is 61.5 Å². The molecule has 1 aromatic carbocycles. The van der Waals surface area contributed by atoms with E-state index in [1.165, 1.54) is 23.5 Å². The van der Waals surface area contributed by atoms with Crippen molar-refractivity contribution in [2.24, 2.45) is 0 Å². The van der Waals surface area contributed by atoms with Gasteiger partial charge in [0.1, 0.15) is 10.7 Å². The van der Waals surface area contributed by atoms with Gasteiger partial charge < -0.3 is 10.2 Å². The molecule has 1 unspecified atom stereocenters. The van der Waals surface area contributed by atoms with Crippen LogP contribution < -0.4 is 5.32 Å². The molecule has 158 valence electrons. The van der Waals surface area contributed by atoms with E-state index >= 15 is 0 Å². The van der Waals surface area contributed by atoms with Gasteiger partial charge in [-0.25, -0.2) is 4.39 Å². The van der Waals surface area contributed by atoms with E-state index in [-0.39, 0.29) is 17.3 Å². The zero-order valence-electron chi connectivity index (χ0n) is 16.9. The van der Waals surface area contributed by atoms with Gasteiger partial charge >= 0.3 is 0 Å². The molecule has 0 aliphatic carbocycles. The summed E-state index contributed by atoms with van der Waals surface area (Å²) in [6.07, 6.45) is 5.82. The fourth-order valence-electron chi connectivity index (χ4n) is 4.34. The number of hydrogen-bond acceptors (Lipinski definition) is 3. The number of benzene rings is 1. The molecule has 0 saturated carbocycles. The number of nitrogens with zero attached hydrogens (tertiary/aromatic N) is 1. The minimum atomic E-state index is -0.381. The van der Waals surface area contributed by atoms with E-state index in [2.05, 4.69) is 18.8 Å². The average Bonchev–Trinajstić information content (AvgIpc) is 3.20. The van der Waals surface area contributed by atoms with Gasteiger partial charge in [-0.15, -0.1) is 11.3 Å². The molecule has 2 saturated heterocycles. The van der Waals surface area contributed by atoms with Crippen molar-refractivity contribution >= 4 is 58.2 Å². The van der Waals surface area contributed by atoms with Crippen LogP contribution in [-0.4, -0.2) is 35.5 Å². The molecule has 4 rings (SSSR count). The van der Waals surface area contributed by atoms with E-state index in [1.54, 1.807) is 12.1 Å². The molecular formula is C23H23Cl2FN2OS. The Balaban J connectivity index is 1.60. The van der Waals surface area contributed by atoms with Crippen molar-refractivity contribution in [3.63, 3.8) is 0 Å². The lowest BCUT2D eigenvalue weighted by Crippen LogP contribution is -2.68. The molecule has 1 atom stereocenters. The number of amides is 1. The van der Waals surface area contributed by atoms with Crippen molar-refractivity contribution in [1.29, 1.82) is 0 Å². The Labute approximate surface area is 190 Å². The van der Waals surface area contributed by atoms with E-state index in [0.29, 0.717) is 34.1 Å². The Hall–Kier alpha value is -1.66. The quantitative estimate of drug-likeness (QED) is 0.570. The molecule has 30 heavy (non-hydrogen) atoms. The first kappa shape index (κ1) is 21.6. The van der Waals surface area contributed by atoms with E-state index in [9.17, 15) is 9.18 Å². The Bertz CT molecular complexity index is 1060. The van der Waals surface area contributed by atoms with Crippen LogP contribution >= 0.6 is 34.5 Å². The van der Waals surface area contributed by atoms with Crippen molar-refractivity contribution in [2.45, 2.75) is 38.3 Å². The third-order valence-electron chi connectivity index (χ3n) is 5.90. The highest BCUT2D eigenvalue weighted by Crippen LogP contribution is 2.40. The minimum Gasteiger partial charge on any atom is -0.334 e. The predicted molar refractivity (Wildman–Crippen MR) is 125 cm³/mol. The Morgan fingerprint density at radius 1 is 1.40 bits per heavy atom. The molecule has 3 nitrogen and oxygen atoms in total. The summed E-state index contributed by atoms with van der Waals surface area (Å²) in [7, 11) is 0. The van der Waals surface area contributed by atoms with Gasteiger partial charge in [0.05, 0.1) is 15.6 Å². The monoisotopic (exact) mass is 464 g/mol. The molecule has 2 aromatic rings. The van der Waals surface area contributed by atoms with Gasteiger partial charge in [0.2, 0.25) is 0 Å². The molecule has 0 bridgehead atoms. The molecule has 1 spiro atoms. The van der Waals surface area contributed by atoms with Gasteiger partial charge in [-0.05, 0) is 56.0 Å². The highest BCUT2D eigenvalue weighted by molar-refractivity contribution is 7.16. The lowest BCUT2D eigenvalue weighted by molar-refractivity contribution is 0.0347. The van der Waals surface area contributed by atoms with Gasteiger partial charge in [0.15, 0.2) is 0 Å². The number of nitrogens with one attached hydrogen (secondary N) is 1. The summed E-state index contributed by atoms with van der Waals surface area (Å²) >= 11 is 14.1. The minimum absolute atomic E-state index is 0.0443. The smallest absolute Gasteiger partial charge is 0.265 e. The second-order valence-electron chi connectivity index (χ2n) is 8.20. The van der Waals surface area contributed by atoms with E-state index in [0.717, 1.165) is 34.4 Å². The fourth-order valence-corrected chi connectivity index (χ4v) is 6.25. The molecule has 3 heterocycles. The summed E-state index contributed by atoms with van der Waals surface area (Å²) in [4.78, 5) is 16.3. The maximum Gasteiger partial charge on any atom is 0.265 e. The first-order valence-corrected chi connectivity index (χ1v) is 11.5. The van der Waals surface area contributed by atoms with Gasteiger partial charge in [0.25, 0.3) is 5.91 Å². The Morgan fingerprint density at radius 2 is 2.13 bits per heavy atom. The van der Waals surface area contributed by atoms with Crippen LogP contribution in [0.3, 0.4) is 0 Å². The second-order valence-corrected chi connectivity index (χ2v) is 10.0. The Morgan fingerprint density at radius 3 is 2.73 bits per heavy atom. The third kappa shape index (κ3) is 3.84. The normalized spacial score (nSPS) is 20.5.